The molecule has 0 saturated heterocycles. The Labute approximate surface area is 131 Å². The summed E-state index contributed by atoms with van der Waals surface area (Å²) in [7, 11) is 1.74. The zero-order chi connectivity index (χ0) is 16.3. The molecule has 0 unspecified atom stereocenters. The minimum Gasteiger partial charge on any atom is -0.464 e. The van der Waals surface area contributed by atoms with Crippen molar-refractivity contribution < 1.29 is 17.6 Å². The molecule has 1 N–H and O–H groups in total. The average molecular weight is 328 g/mol. The molecular formula is C15H15F3N2OS. The van der Waals surface area contributed by atoms with E-state index in [2.05, 4.69) is 5.32 Å². The second-order valence-corrected chi connectivity index (χ2v) is 5.26. The summed E-state index contributed by atoms with van der Waals surface area (Å²) in [6.45, 7) is 2.27. The van der Waals surface area contributed by atoms with E-state index >= 15 is 0 Å². The molecule has 1 aromatic heterocycles. The fraction of sp³-hybridized carbons (Fsp3) is 0.267. The van der Waals surface area contributed by atoms with Crippen LogP contribution in [0.4, 0.5) is 18.9 Å². The number of thiocarbonyl (C=S) groups is 1. The van der Waals surface area contributed by atoms with Crippen LogP contribution in [0.2, 0.25) is 0 Å². The molecule has 1 aromatic carbocycles. The molecule has 1 heterocycles. The van der Waals surface area contributed by atoms with Gasteiger partial charge in [0, 0.05) is 12.7 Å². The van der Waals surface area contributed by atoms with E-state index in [1.54, 1.807) is 11.9 Å². The monoisotopic (exact) mass is 328 g/mol. The SMILES string of the molecule is Cc1ccc(CN(C)C(=S)Nc2cccc(C(F)(F)F)c2)o1. The minimum absolute atomic E-state index is 0.294. The van der Waals surface area contributed by atoms with Crippen LogP contribution in [0.5, 0.6) is 0 Å². The van der Waals surface area contributed by atoms with Crippen LogP contribution in [-0.4, -0.2) is 17.1 Å². The third-order valence-electron chi connectivity index (χ3n) is 2.98. The molecule has 0 fully saturated rings. The molecule has 0 spiro atoms. The van der Waals surface area contributed by atoms with E-state index in [-0.39, 0.29) is 0 Å². The molecule has 7 heteroatoms. The molecule has 0 aliphatic rings. The van der Waals surface area contributed by atoms with Crippen molar-refractivity contribution in [1.82, 2.24) is 4.90 Å². The molecule has 22 heavy (non-hydrogen) atoms. The third-order valence-corrected chi connectivity index (χ3v) is 3.39. The predicted molar refractivity (Wildman–Crippen MR) is 82.6 cm³/mol. The first-order valence-electron chi connectivity index (χ1n) is 6.50. The Morgan fingerprint density at radius 2 is 2.00 bits per heavy atom. The van der Waals surface area contributed by atoms with E-state index in [4.69, 9.17) is 16.6 Å². The molecule has 0 bridgehead atoms. The van der Waals surface area contributed by atoms with Crippen molar-refractivity contribution in [1.29, 1.82) is 0 Å². The van der Waals surface area contributed by atoms with E-state index < -0.39 is 11.7 Å². The first-order valence-corrected chi connectivity index (χ1v) is 6.91. The Balaban J connectivity index is 2.02. The largest absolute Gasteiger partial charge is 0.464 e. The fourth-order valence-electron chi connectivity index (χ4n) is 1.87. The molecule has 2 aromatic rings. The Morgan fingerprint density at radius 1 is 1.27 bits per heavy atom. The van der Waals surface area contributed by atoms with Crippen molar-refractivity contribution >= 4 is 23.0 Å². The number of benzene rings is 1. The number of nitrogens with one attached hydrogen (secondary N) is 1. The topological polar surface area (TPSA) is 28.4 Å². The lowest BCUT2D eigenvalue weighted by atomic mass is 10.2. The van der Waals surface area contributed by atoms with Crippen LogP contribution in [0.1, 0.15) is 17.1 Å². The molecule has 118 valence electrons. The first-order chi connectivity index (χ1) is 10.3. The van der Waals surface area contributed by atoms with E-state index in [1.807, 2.05) is 19.1 Å². The van der Waals surface area contributed by atoms with Gasteiger partial charge in [0.05, 0.1) is 12.1 Å². The summed E-state index contributed by atoms with van der Waals surface area (Å²) in [5, 5.41) is 3.11. The molecule has 0 atom stereocenters. The summed E-state index contributed by atoms with van der Waals surface area (Å²) in [6, 6.07) is 8.59. The van der Waals surface area contributed by atoms with Crippen LogP contribution in [0.3, 0.4) is 0 Å². The molecule has 0 saturated carbocycles. The molecule has 0 radical (unpaired) electrons. The Kier molecular flexibility index (Phi) is 4.75. The first kappa shape index (κ1) is 16.4. The van der Waals surface area contributed by atoms with Crippen LogP contribution in [0.25, 0.3) is 0 Å². The highest BCUT2D eigenvalue weighted by Gasteiger charge is 2.30. The summed E-state index contributed by atoms with van der Waals surface area (Å²) in [5.41, 5.74) is -0.424. The summed E-state index contributed by atoms with van der Waals surface area (Å²) in [4.78, 5) is 1.69. The van der Waals surface area contributed by atoms with Gasteiger partial charge in [-0.05, 0) is 49.5 Å². The Hall–Kier alpha value is -2.02. The van der Waals surface area contributed by atoms with Crippen molar-refractivity contribution in [2.45, 2.75) is 19.6 Å². The van der Waals surface area contributed by atoms with Gasteiger partial charge in [0.1, 0.15) is 11.5 Å². The van der Waals surface area contributed by atoms with E-state index in [0.717, 1.165) is 23.7 Å². The van der Waals surface area contributed by atoms with Gasteiger partial charge in [0.2, 0.25) is 0 Å². The highest BCUT2D eigenvalue weighted by molar-refractivity contribution is 7.80. The van der Waals surface area contributed by atoms with Gasteiger partial charge in [-0.1, -0.05) is 6.07 Å². The average Bonchev–Trinajstić information content (AvgIpc) is 2.83. The number of hydrogen-bond acceptors (Lipinski definition) is 2. The summed E-state index contributed by atoms with van der Waals surface area (Å²) in [6.07, 6.45) is -4.38. The second-order valence-electron chi connectivity index (χ2n) is 4.88. The van der Waals surface area contributed by atoms with E-state index in [1.165, 1.54) is 12.1 Å². The molecule has 3 nitrogen and oxygen atoms in total. The number of rotatable bonds is 3. The summed E-state index contributed by atoms with van der Waals surface area (Å²) < 4.78 is 43.5. The van der Waals surface area contributed by atoms with Gasteiger partial charge in [-0.25, -0.2) is 0 Å². The maximum absolute atomic E-state index is 12.7. The van der Waals surface area contributed by atoms with Crippen LogP contribution >= 0.6 is 12.2 Å². The highest BCUT2D eigenvalue weighted by atomic mass is 32.1. The lowest BCUT2D eigenvalue weighted by Gasteiger charge is -2.20. The van der Waals surface area contributed by atoms with Gasteiger partial charge in [0.25, 0.3) is 0 Å². The zero-order valence-corrected chi connectivity index (χ0v) is 12.9. The Morgan fingerprint density at radius 3 is 2.59 bits per heavy atom. The van der Waals surface area contributed by atoms with Crippen molar-refractivity contribution in [3.63, 3.8) is 0 Å². The highest BCUT2D eigenvalue weighted by Crippen LogP contribution is 2.30. The fourth-order valence-corrected chi connectivity index (χ4v) is 2.05. The number of furan rings is 1. The van der Waals surface area contributed by atoms with Gasteiger partial charge >= 0.3 is 6.18 Å². The lowest BCUT2D eigenvalue weighted by molar-refractivity contribution is -0.137. The van der Waals surface area contributed by atoms with Crippen LogP contribution in [0, 0.1) is 6.92 Å². The van der Waals surface area contributed by atoms with Crippen molar-refractivity contribution in [2.75, 3.05) is 12.4 Å². The summed E-state index contributed by atoms with van der Waals surface area (Å²) >= 11 is 5.19. The van der Waals surface area contributed by atoms with Crippen LogP contribution < -0.4 is 5.32 Å². The zero-order valence-electron chi connectivity index (χ0n) is 12.1. The molecule has 0 aliphatic heterocycles. The minimum atomic E-state index is -4.38. The van der Waals surface area contributed by atoms with Crippen LogP contribution in [0.15, 0.2) is 40.8 Å². The predicted octanol–water partition coefficient (Wildman–Crippen LogP) is 4.44. The number of anilines is 1. The number of halogens is 3. The van der Waals surface area contributed by atoms with Crippen molar-refractivity contribution in [3.8, 4) is 0 Å². The quantitative estimate of drug-likeness (QED) is 0.844. The van der Waals surface area contributed by atoms with Crippen molar-refractivity contribution in [2.24, 2.45) is 0 Å². The van der Waals surface area contributed by atoms with E-state index in [9.17, 15) is 13.2 Å². The van der Waals surface area contributed by atoms with Gasteiger partial charge < -0.3 is 14.6 Å². The maximum Gasteiger partial charge on any atom is 0.416 e. The number of nitrogens with zero attached hydrogens (tertiary/aromatic N) is 1. The second kappa shape index (κ2) is 6.39. The summed E-state index contributed by atoms with van der Waals surface area (Å²) in [5.74, 6) is 1.52. The standard InChI is InChI=1S/C15H15F3N2OS/c1-10-6-7-13(21-10)9-20(2)14(22)19-12-5-3-4-11(8-12)15(16,17)18/h3-8H,9H2,1-2H3,(H,19,22). The van der Waals surface area contributed by atoms with Gasteiger partial charge in [0.15, 0.2) is 5.11 Å². The van der Waals surface area contributed by atoms with Gasteiger partial charge in [-0.15, -0.1) is 0 Å². The maximum atomic E-state index is 12.7. The van der Waals surface area contributed by atoms with E-state index in [0.29, 0.717) is 17.3 Å². The molecule has 0 aliphatic carbocycles. The van der Waals surface area contributed by atoms with Gasteiger partial charge in [-0.2, -0.15) is 13.2 Å². The molecule has 0 amide bonds. The number of hydrogen-bond donors (Lipinski definition) is 1. The third kappa shape index (κ3) is 4.24. The normalized spacial score (nSPS) is 11.3. The molecule has 2 rings (SSSR count). The lowest BCUT2D eigenvalue weighted by Crippen LogP contribution is -2.30. The Bertz CT molecular complexity index is 667. The van der Waals surface area contributed by atoms with Gasteiger partial charge in [-0.3, -0.25) is 0 Å². The smallest absolute Gasteiger partial charge is 0.416 e. The van der Waals surface area contributed by atoms with Crippen molar-refractivity contribution in [3.05, 3.63) is 53.5 Å². The number of aryl methyl sites for hydroxylation is 1. The molecular weight excluding hydrogens is 313 g/mol. The number of alkyl halides is 3. The van der Waals surface area contributed by atoms with Crippen LogP contribution in [-0.2, 0) is 12.7 Å².